The van der Waals surface area contributed by atoms with Crippen LogP contribution in [0, 0.1) is 0 Å². The molecule has 0 amide bonds. The Hall–Kier alpha value is -2.11. The maximum Gasteiger partial charge on any atom is 0.327 e. The highest BCUT2D eigenvalue weighted by atomic mass is 16.4. The van der Waals surface area contributed by atoms with Gasteiger partial charge in [0.15, 0.2) is 0 Å². The molecule has 0 aliphatic rings. The highest BCUT2D eigenvalue weighted by Crippen LogP contribution is 2.12. The van der Waals surface area contributed by atoms with Crippen LogP contribution in [0.25, 0.3) is 11.0 Å². The van der Waals surface area contributed by atoms with Crippen LogP contribution in [-0.2, 0) is 4.79 Å². The molecule has 0 aromatic carbocycles. The van der Waals surface area contributed by atoms with Gasteiger partial charge in [0.2, 0.25) is 0 Å². The van der Waals surface area contributed by atoms with Gasteiger partial charge in [-0.15, -0.1) is 0 Å². The molecule has 2 rings (SSSR count). The highest BCUT2D eigenvalue weighted by molar-refractivity contribution is 5.78. The Morgan fingerprint density at radius 2 is 2.40 bits per heavy atom. The summed E-state index contributed by atoms with van der Waals surface area (Å²) >= 11 is 0. The van der Waals surface area contributed by atoms with Gasteiger partial charge in [0, 0.05) is 6.20 Å². The van der Waals surface area contributed by atoms with Crippen LogP contribution in [0.5, 0.6) is 0 Å². The number of carboxylic acid groups (broad SMARTS) is 1. The molecule has 0 bridgehead atoms. The minimum absolute atomic E-state index is 0.437. The molecule has 0 radical (unpaired) electrons. The number of rotatable bonds is 2. The summed E-state index contributed by atoms with van der Waals surface area (Å²) in [5, 5.41) is 8.85. The number of fused-ring (bicyclic) bond motifs is 1. The number of pyridine rings is 1. The van der Waals surface area contributed by atoms with Crippen LogP contribution in [0.1, 0.15) is 13.0 Å². The first kappa shape index (κ1) is 9.45. The van der Waals surface area contributed by atoms with Crippen molar-refractivity contribution in [2.45, 2.75) is 13.0 Å². The van der Waals surface area contributed by atoms with Crippen LogP contribution in [0.4, 0.5) is 0 Å². The Morgan fingerprint density at radius 3 is 3.07 bits per heavy atom. The van der Waals surface area contributed by atoms with Crippen molar-refractivity contribution < 1.29 is 9.90 Å². The van der Waals surface area contributed by atoms with Crippen molar-refractivity contribution in [3.63, 3.8) is 0 Å². The van der Waals surface area contributed by atoms with E-state index in [0.29, 0.717) is 11.0 Å². The first-order valence-corrected chi connectivity index (χ1v) is 4.38. The smallest absolute Gasteiger partial charge is 0.327 e. The van der Waals surface area contributed by atoms with Crippen molar-refractivity contribution in [1.29, 1.82) is 0 Å². The van der Waals surface area contributed by atoms with Gasteiger partial charge in [-0.25, -0.2) is 9.59 Å². The number of carboxylic acids is 1. The second kappa shape index (κ2) is 3.23. The zero-order valence-electron chi connectivity index (χ0n) is 7.97. The van der Waals surface area contributed by atoms with E-state index in [2.05, 4.69) is 9.97 Å². The fraction of sp³-hybridized carbons (Fsp3) is 0.222. The average Bonchev–Trinajstić information content (AvgIpc) is 2.52. The molecule has 0 saturated carbocycles. The van der Waals surface area contributed by atoms with Gasteiger partial charge >= 0.3 is 11.7 Å². The third kappa shape index (κ3) is 1.39. The molecule has 1 unspecified atom stereocenters. The minimum atomic E-state index is -1.05. The number of hydrogen-bond acceptors (Lipinski definition) is 3. The lowest BCUT2D eigenvalue weighted by Gasteiger charge is -2.07. The van der Waals surface area contributed by atoms with Crippen LogP contribution < -0.4 is 5.69 Å². The summed E-state index contributed by atoms with van der Waals surface area (Å²) in [5.41, 5.74) is 0.647. The Kier molecular flexibility index (Phi) is 2.03. The number of aromatic nitrogens is 3. The predicted molar refractivity (Wildman–Crippen MR) is 52.7 cm³/mol. The van der Waals surface area contributed by atoms with Crippen molar-refractivity contribution >= 4 is 17.0 Å². The summed E-state index contributed by atoms with van der Waals surface area (Å²) in [4.78, 5) is 28.7. The number of nitrogens with zero attached hydrogens (tertiary/aromatic N) is 2. The van der Waals surface area contributed by atoms with Gasteiger partial charge in [-0.1, -0.05) is 0 Å². The van der Waals surface area contributed by atoms with Gasteiger partial charge in [0.05, 0.1) is 17.2 Å². The molecule has 0 aliphatic carbocycles. The number of imidazole rings is 1. The molecule has 6 nitrogen and oxygen atoms in total. The minimum Gasteiger partial charge on any atom is -0.480 e. The zero-order valence-corrected chi connectivity index (χ0v) is 7.97. The number of H-pyrrole nitrogens is 1. The van der Waals surface area contributed by atoms with Crippen LogP contribution in [0.15, 0.2) is 23.3 Å². The maximum absolute atomic E-state index is 11.5. The topological polar surface area (TPSA) is 88.0 Å². The molecule has 2 heterocycles. The van der Waals surface area contributed by atoms with Gasteiger partial charge in [-0.3, -0.25) is 9.55 Å². The van der Waals surface area contributed by atoms with Crippen molar-refractivity contribution in [3.8, 4) is 0 Å². The first-order valence-electron chi connectivity index (χ1n) is 4.38. The molecule has 2 N–H and O–H groups in total. The SMILES string of the molecule is CC(C(=O)O)n1c(=O)[nH]c2cnccc21. The van der Waals surface area contributed by atoms with E-state index in [4.69, 9.17) is 5.11 Å². The highest BCUT2D eigenvalue weighted by Gasteiger charge is 2.18. The number of hydrogen-bond donors (Lipinski definition) is 2. The van der Waals surface area contributed by atoms with Crippen molar-refractivity contribution in [2.24, 2.45) is 0 Å². The normalized spacial score (nSPS) is 12.9. The average molecular weight is 207 g/mol. The lowest BCUT2D eigenvalue weighted by molar-refractivity contribution is -0.140. The van der Waals surface area contributed by atoms with Gasteiger partial charge in [0.25, 0.3) is 0 Å². The van der Waals surface area contributed by atoms with Crippen LogP contribution in [-0.4, -0.2) is 25.6 Å². The molecule has 78 valence electrons. The number of carbonyl (C=O) groups is 1. The van der Waals surface area contributed by atoms with Crippen molar-refractivity contribution in [1.82, 2.24) is 14.5 Å². The van der Waals surface area contributed by atoms with Crippen LogP contribution in [0.3, 0.4) is 0 Å². The zero-order chi connectivity index (χ0) is 11.0. The molecule has 2 aromatic rings. The van der Waals surface area contributed by atoms with E-state index in [1.165, 1.54) is 23.9 Å². The third-order valence-corrected chi connectivity index (χ3v) is 2.26. The molecule has 1 atom stereocenters. The fourth-order valence-electron chi connectivity index (χ4n) is 1.47. The number of aliphatic carboxylic acids is 1. The molecular formula is C9H9N3O3. The summed E-state index contributed by atoms with van der Waals surface area (Å²) in [6, 6.07) is 0.709. The quantitative estimate of drug-likeness (QED) is 0.744. The van der Waals surface area contributed by atoms with Crippen molar-refractivity contribution in [3.05, 3.63) is 28.9 Å². The molecule has 0 saturated heterocycles. The first-order chi connectivity index (χ1) is 7.11. The van der Waals surface area contributed by atoms with Crippen LogP contribution >= 0.6 is 0 Å². The molecule has 0 spiro atoms. The lowest BCUT2D eigenvalue weighted by Crippen LogP contribution is -2.25. The Morgan fingerprint density at radius 1 is 1.67 bits per heavy atom. The number of nitrogens with one attached hydrogen (secondary N) is 1. The molecule has 6 heteroatoms. The van der Waals surface area contributed by atoms with E-state index >= 15 is 0 Å². The Labute approximate surface area is 84.2 Å². The summed E-state index contributed by atoms with van der Waals surface area (Å²) < 4.78 is 1.19. The van der Waals surface area contributed by atoms with Crippen LogP contribution in [0.2, 0.25) is 0 Å². The maximum atomic E-state index is 11.5. The third-order valence-electron chi connectivity index (χ3n) is 2.26. The summed E-state index contributed by atoms with van der Waals surface area (Å²) in [6.07, 6.45) is 3.00. The van der Waals surface area contributed by atoms with Gasteiger partial charge < -0.3 is 10.1 Å². The molecule has 0 aliphatic heterocycles. The second-order valence-corrected chi connectivity index (χ2v) is 3.21. The Balaban J connectivity index is 2.74. The Bertz CT molecular complexity index is 569. The van der Waals surface area contributed by atoms with E-state index in [1.807, 2.05) is 0 Å². The van der Waals surface area contributed by atoms with Crippen molar-refractivity contribution in [2.75, 3.05) is 0 Å². The molecule has 2 aromatic heterocycles. The standard InChI is InChI=1S/C9H9N3O3/c1-5(8(13)14)12-7-2-3-10-4-6(7)11-9(12)15/h2-5H,1H3,(H,11,15)(H,13,14). The molecule has 0 fully saturated rings. The van der Waals surface area contributed by atoms with E-state index in [-0.39, 0.29) is 0 Å². The number of aromatic amines is 1. The van der Waals surface area contributed by atoms with E-state index in [1.54, 1.807) is 6.07 Å². The fourth-order valence-corrected chi connectivity index (χ4v) is 1.47. The molecular weight excluding hydrogens is 198 g/mol. The van der Waals surface area contributed by atoms with E-state index in [9.17, 15) is 9.59 Å². The lowest BCUT2D eigenvalue weighted by atomic mass is 10.3. The van der Waals surface area contributed by atoms with Gasteiger partial charge in [-0.05, 0) is 13.0 Å². The monoisotopic (exact) mass is 207 g/mol. The second-order valence-electron chi connectivity index (χ2n) is 3.21. The summed E-state index contributed by atoms with van der Waals surface area (Å²) in [6.45, 7) is 1.46. The van der Waals surface area contributed by atoms with Gasteiger partial charge in [0.1, 0.15) is 6.04 Å². The van der Waals surface area contributed by atoms with Gasteiger partial charge in [-0.2, -0.15) is 0 Å². The summed E-state index contributed by atoms with van der Waals surface area (Å²) in [5.74, 6) is -1.05. The summed E-state index contributed by atoms with van der Waals surface area (Å²) in [7, 11) is 0. The largest absolute Gasteiger partial charge is 0.480 e. The predicted octanol–water partition coefficient (Wildman–Crippen LogP) is 0.370. The molecule has 15 heavy (non-hydrogen) atoms. The van der Waals surface area contributed by atoms with E-state index in [0.717, 1.165) is 0 Å². The van der Waals surface area contributed by atoms with E-state index < -0.39 is 17.7 Å².